The van der Waals surface area contributed by atoms with Crippen molar-refractivity contribution in [3.63, 3.8) is 0 Å². The number of likely N-dealkylation sites (N-methyl/N-ethyl adjacent to an activating group) is 1. The van der Waals surface area contributed by atoms with Gasteiger partial charge in [0.15, 0.2) is 0 Å². The van der Waals surface area contributed by atoms with Gasteiger partial charge in [0.25, 0.3) is 0 Å². The average molecular weight is 701 g/mol. The quantitative estimate of drug-likeness (QED) is 0.338. The van der Waals surface area contributed by atoms with E-state index in [4.69, 9.17) is 9.47 Å². The first-order valence-corrected chi connectivity index (χ1v) is 17.2. The van der Waals surface area contributed by atoms with E-state index in [-0.39, 0.29) is 30.8 Å². The molecule has 10 nitrogen and oxygen atoms in total. The van der Waals surface area contributed by atoms with E-state index in [9.17, 15) is 24.3 Å². The number of rotatable bonds is 7. The zero-order chi connectivity index (χ0) is 33.3. The number of carbonyl (C=O) groups excluding carboxylic acids is 4. The second-order valence-electron chi connectivity index (χ2n) is 13.2. The van der Waals surface area contributed by atoms with Gasteiger partial charge < -0.3 is 29.3 Å². The van der Waals surface area contributed by atoms with Crippen molar-refractivity contribution in [2.24, 2.45) is 17.8 Å². The van der Waals surface area contributed by atoms with Crippen molar-refractivity contribution in [3.8, 4) is 0 Å². The summed E-state index contributed by atoms with van der Waals surface area (Å²) in [5.74, 6) is -3.68. The van der Waals surface area contributed by atoms with Crippen molar-refractivity contribution in [1.82, 2.24) is 14.7 Å². The number of fused-ring (bicyclic) bond motifs is 2. The van der Waals surface area contributed by atoms with Crippen molar-refractivity contribution >= 4 is 39.6 Å². The lowest BCUT2D eigenvalue weighted by molar-refractivity contribution is -0.164. The predicted molar refractivity (Wildman–Crippen MR) is 175 cm³/mol. The third-order valence-corrected chi connectivity index (χ3v) is 10.8. The lowest BCUT2D eigenvalue weighted by Crippen LogP contribution is -2.59. The Labute approximate surface area is 279 Å². The fourth-order valence-corrected chi connectivity index (χ4v) is 8.16. The summed E-state index contributed by atoms with van der Waals surface area (Å²) >= 11 is 3.61. The monoisotopic (exact) mass is 699 g/mol. The third-order valence-electron chi connectivity index (χ3n) is 10.1. The maximum atomic E-state index is 14.7. The van der Waals surface area contributed by atoms with Crippen LogP contribution in [-0.4, -0.2) is 100 Å². The number of hydrogen-bond acceptors (Lipinski definition) is 7. The van der Waals surface area contributed by atoms with Gasteiger partial charge in [0, 0.05) is 31.0 Å². The highest BCUT2D eigenvalue weighted by molar-refractivity contribution is 9.11. The number of benzene rings is 1. The van der Waals surface area contributed by atoms with Crippen LogP contribution >= 0.6 is 15.9 Å². The smallest absolute Gasteiger partial charge is 0.313 e. The van der Waals surface area contributed by atoms with E-state index in [1.54, 1.807) is 22.9 Å². The molecule has 46 heavy (non-hydrogen) atoms. The molecule has 2 fully saturated rings. The molecule has 1 aromatic carbocycles. The summed E-state index contributed by atoms with van der Waals surface area (Å²) in [6.07, 6.45) is 6.30. The molecular weight excluding hydrogens is 654 g/mol. The first kappa shape index (κ1) is 34.3. The SMILES string of the molecule is CCCCN1C/C=C\CCC(=O)N(C)[C@@H](C)[C@H](c2ccccc2)OC(=O)[C@H]2[C@@H]3O[C@@]4(C=C3Br)[C@@H]2C(=O)N([C@@H](CO)C(C)C)[C@@H]4C1=O. The van der Waals surface area contributed by atoms with Crippen molar-refractivity contribution < 1.29 is 33.8 Å². The Morgan fingerprint density at radius 3 is 2.43 bits per heavy atom. The van der Waals surface area contributed by atoms with Crippen LogP contribution in [0, 0.1) is 17.8 Å². The Balaban J connectivity index is 1.65. The average Bonchev–Trinajstić information content (AvgIpc) is 3.63. The van der Waals surface area contributed by atoms with Gasteiger partial charge >= 0.3 is 5.97 Å². The first-order valence-electron chi connectivity index (χ1n) is 16.4. The molecule has 5 bridgehead atoms. The highest BCUT2D eigenvalue weighted by Gasteiger charge is 2.75. The van der Waals surface area contributed by atoms with E-state index in [0.717, 1.165) is 12.8 Å². The van der Waals surface area contributed by atoms with Crippen LogP contribution in [0.1, 0.15) is 65.0 Å². The van der Waals surface area contributed by atoms with Gasteiger partial charge in [-0.2, -0.15) is 0 Å². The van der Waals surface area contributed by atoms with Crippen molar-refractivity contribution in [3.05, 3.63) is 58.6 Å². The van der Waals surface area contributed by atoms with Crippen LogP contribution < -0.4 is 0 Å². The molecule has 1 aromatic rings. The van der Waals surface area contributed by atoms with E-state index < -0.39 is 59.6 Å². The van der Waals surface area contributed by atoms with Crippen molar-refractivity contribution in [1.29, 1.82) is 0 Å². The van der Waals surface area contributed by atoms with Crippen molar-refractivity contribution in [2.45, 2.75) is 89.3 Å². The molecule has 250 valence electrons. The number of unbranched alkanes of at least 4 members (excludes halogenated alkanes) is 1. The van der Waals surface area contributed by atoms with E-state index in [1.807, 2.05) is 70.2 Å². The molecule has 8 atom stereocenters. The molecule has 2 saturated heterocycles. The zero-order valence-corrected chi connectivity index (χ0v) is 28.9. The Morgan fingerprint density at radius 2 is 1.78 bits per heavy atom. The summed E-state index contributed by atoms with van der Waals surface area (Å²) in [6.45, 7) is 8.10. The van der Waals surface area contributed by atoms with Crippen LogP contribution in [0.3, 0.4) is 0 Å². The second-order valence-corrected chi connectivity index (χ2v) is 14.1. The minimum atomic E-state index is -1.42. The molecule has 1 N–H and O–H groups in total. The fourth-order valence-electron chi connectivity index (χ4n) is 7.42. The van der Waals surface area contributed by atoms with Gasteiger partial charge in [-0.05, 0) is 37.3 Å². The summed E-state index contributed by atoms with van der Waals surface area (Å²) in [6, 6.07) is 6.99. The molecule has 4 aliphatic heterocycles. The molecule has 5 rings (SSSR count). The van der Waals surface area contributed by atoms with Crippen molar-refractivity contribution in [2.75, 3.05) is 26.7 Å². The molecule has 0 saturated carbocycles. The predicted octanol–water partition coefficient (Wildman–Crippen LogP) is 3.99. The number of likely N-dealkylation sites (tertiary alicyclic amines) is 1. The van der Waals surface area contributed by atoms with Gasteiger partial charge in [-0.15, -0.1) is 0 Å². The highest BCUT2D eigenvalue weighted by atomic mass is 79.9. The van der Waals surface area contributed by atoms with Crippen LogP contribution in [0.2, 0.25) is 0 Å². The number of amides is 3. The van der Waals surface area contributed by atoms with Crippen LogP contribution in [0.5, 0.6) is 0 Å². The standard InChI is InChI=1S/C35H46BrN3O7/c1-6-7-17-38-18-13-9-12-16-26(41)37(5)22(4)29(23-14-10-8-11-15-23)45-34(44)27-28-32(42)39(25(20-40)21(2)3)31(33(38)43)35(28)19-24(36)30(27)46-35/h8-11,13-15,19,21-22,25,27-31,40H,6-7,12,16-18,20H2,1-5H3/b13-9-/t22-,25-,27+,28-,29+,30+,31+,35-/m0/s1. The summed E-state index contributed by atoms with van der Waals surface area (Å²) in [5, 5.41) is 10.6. The number of hydrogen-bond donors (Lipinski definition) is 1. The third kappa shape index (κ3) is 5.94. The van der Waals surface area contributed by atoms with Gasteiger partial charge in [0.05, 0.1) is 24.6 Å². The maximum absolute atomic E-state index is 14.7. The number of ether oxygens (including phenoxy) is 2. The molecule has 0 aromatic heterocycles. The lowest BCUT2D eigenvalue weighted by Gasteiger charge is -2.40. The fraction of sp³-hybridized carbons (Fsp3) is 0.600. The topological polar surface area (TPSA) is 117 Å². The van der Waals surface area contributed by atoms with Gasteiger partial charge in [0.1, 0.15) is 29.8 Å². The molecule has 0 radical (unpaired) electrons. The summed E-state index contributed by atoms with van der Waals surface area (Å²) in [5.41, 5.74) is -0.708. The van der Waals surface area contributed by atoms with Crippen LogP contribution in [0.15, 0.2) is 53.0 Å². The number of allylic oxidation sites excluding steroid dienone is 1. The molecule has 1 spiro atoms. The Morgan fingerprint density at radius 1 is 1.07 bits per heavy atom. The minimum Gasteiger partial charge on any atom is -0.455 e. The molecule has 0 unspecified atom stereocenters. The number of esters is 1. The van der Waals surface area contributed by atoms with Gasteiger partial charge in [-0.3, -0.25) is 19.2 Å². The molecule has 4 aliphatic rings. The van der Waals surface area contributed by atoms with Crippen LogP contribution in [0.4, 0.5) is 0 Å². The molecule has 3 amide bonds. The first-order chi connectivity index (χ1) is 22.0. The number of cyclic esters (lactones) is 1. The molecule has 4 heterocycles. The van der Waals surface area contributed by atoms with E-state index in [1.165, 1.54) is 4.90 Å². The highest BCUT2D eigenvalue weighted by Crippen LogP contribution is 2.59. The number of aliphatic hydroxyl groups is 1. The molecule has 0 aliphatic carbocycles. The minimum absolute atomic E-state index is 0.0983. The Hall–Kier alpha value is -3.02. The maximum Gasteiger partial charge on any atom is 0.313 e. The second kappa shape index (κ2) is 14.0. The number of carbonyl (C=O) groups is 4. The Kier molecular flexibility index (Phi) is 10.4. The molecule has 11 heteroatoms. The largest absolute Gasteiger partial charge is 0.455 e. The van der Waals surface area contributed by atoms with Crippen LogP contribution in [0.25, 0.3) is 0 Å². The summed E-state index contributed by atoms with van der Waals surface area (Å²) in [4.78, 5) is 61.8. The molecular formula is C35H46BrN3O7. The van der Waals surface area contributed by atoms with E-state index in [0.29, 0.717) is 29.6 Å². The van der Waals surface area contributed by atoms with Crippen LogP contribution in [-0.2, 0) is 28.7 Å². The van der Waals surface area contributed by atoms with Gasteiger partial charge in [-0.25, -0.2) is 0 Å². The van der Waals surface area contributed by atoms with E-state index >= 15 is 0 Å². The lowest BCUT2D eigenvalue weighted by atomic mass is 9.74. The number of halogens is 1. The van der Waals surface area contributed by atoms with E-state index in [2.05, 4.69) is 15.9 Å². The normalized spacial score (nSPS) is 33.4. The summed E-state index contributed by atoms with van der Waals surface area (Å²) in [7, 11) is 1.71. The summed E-state index contributed by atoms with van der Waals surface area (Å²) < 4.78 is 13.5. The zero-order valence-electron chi connectivity index (χ0n) is 27.3. The van der Waals surface area contributed by atoms with Gasteiger partial charge in [-0.1, -0.05) is 85.6 Å². The number of nitrogens with zero attached hydrogens (tertiary/aromatic N) is 3. The Bertz CT molecular complexity index is 1380. The number of aliphatic hydroxyl groups excluding tert-OH is 1. The van der Waals surface area contributed by atoms with Gasteiger partial charge in [0.2, 0.25) is 17.7 Å².